The number of carbonyl (C=O) groups is 3. The maximum atomic E-state index is 12.5. The fraction of sp³-hybridized carbons (Fsp3) is 0.250. The van der Waals surface area contributed by atoms with Crippen LogP contribution in [0.4, 0.5) is 0 Å². The van der Waals surface area contributed by atoms with E-state index in [1.165, 1.54) is 11.3 Å². The summed E-state index contributed by atoms with van der Waals surface area (Å²) in [6.07, 6.45) is 3.06. The number of carbonyl (C=O) groups excluding carboxylic acids is 3. The molecule has 2 aromatic heterocycles. The molecule has 3 heterocycles. The SMILES string of the molecule is O=C(NNC(=O)C1CCCN(C(=O)c2cccs2)C1)c1c[nH]c2ccccc12. The van der Waals surface area contributed by atoms with Crippen LogP contribution in [0.2, 0.25) is 0 Å². The van der Waals surface area contributed by atoms with Gasteiger partial charge >= 0.3 is 0 Å². The van der Waals surface area contributed by atoms with Crippen LogP contribution in [0.25, 0.3) is 10.9 Å². The zero-order valence-electron chi connectivity index (χ0n) is 15.1. The molecule has 0 aliphatic carbocycles. The number of nitrogens with one attached hydrogen (secondary N) is 3. The molecule has 1 aromatic carbocycles. The van der Waals surface area contributed by atoms with Crippen molar-refractivity contribution >= 4 is 40.0 Å². The van der Waals surface area contributed by atoms with Crippen molar-refractivity contribution in [3.8, 4) is 0 Å². The number of thiophene rings is 1. The molecule has 1 fully saturated rings. The van der Waals surface area contributed by atoms with Crippen molar-refractivity contribution in [1.82, 2.24) is 20.7 Å². The van der Waals surface area contributed by atoms with Gasteiger partial charge in [0.2, 0.25) is 5.91 Å². The van der Waals surface area contributed by atoms with Crippen LogP contribution in [0, 0.1) is 5.92 Å². The number of rotatable bonds is 3. The third-order valence-electron chi connectivity index (χ3n) is 4.94. The summed E-state index contributed by atoms with van der Waals surface area (Å²) in [6.45, 7) is 0.994. The number of hydrogen-bond acceptors (Lipinski definition) is 4. The first kappa shape index (κ1) is 18.2. The van der Waals surface area contributed by atoms with Gasteiger partial charge in [0.05, 0.1) is 16.4 Å². The summed E-state index contributed by atoms with van der Waals surface area (Å²) in [6, 6.07) is 11.1. The Balaban J connectivity index is 1.35. The molecule has 144 valence electrons. The standard InChI is InChI=1S/C20H20N4O3S/c25-18(13-5-3-9-24(12-13)20(27)17-8-4-10-28-17)22-23-19(26)15-11-21-16-7-2-1-6-14(15)16/h1-2,4,6-8,10-11,13,21H,3,5,9,12H2,(H,22,25)(H,23,26). The minimum Gasteiger partial charge on any atom is -0.360 e. The highest BCUT2D eigenvalue weighted by Gasteiger charge is 2.29. The van der Waals surface area contributed by atoms with Crippen molar-refractivity contribution < 1.29 is 14.4 Å². The average molecular weight is 396 g/mol. The highest BCUT2D eigenvalue weighted by atomic mass is 32.1. The molecule has 1 atom stereocenters. The number of piperidine rings is 1. The predicted octanol–water partition coefficient (Wildman–Crippen LogP) is 2.54. The second-order valence-electron chi connectivity index (χ2n) is 6.76. The van der Waals surface area contributed by atoms with Crippen LogP contribution >= 0.6 is 11.3 Å². The molecule has 1 unspecified atom stereocenters. The smallest absolute Gasteiger partial charge is 0.271 e. The summed E-state index contributed by atoms with van der Waals surface area (Å²) in [7, 11) is 0. The van der Waals surface area contributed by atoms with Crippen molar-refractivity contribution in [2.45, 2.75) is 12.8 Å². The minimum atomic E-state index is -0.381. The first-order valence-electron chi connectivity index (χ1n) is 9.12. The number of H-pyrrole nitrogens is 1. The molecule has 1 aliphatic heterocycles. The number of aromatic nitrogens is 1. The van der Waals surface area contributed by atoms with Crippen LogP contribution in [0.3, 0.4) is 0 Å². The maximum Gasteiger partial charge on any atom is 0.271 e. The van der Waals surface area contributed by atoms with Crippen molar-refractivity contribution in [3.05, 3.63) is 58.4 Å². The zero-order valence-corrected chi connectivity index (χ0v) is 15.9. The number of hydrazine groups is 1. The van der Waals surface area contributed by atoms with Gasteiger partial charge in [-0.25, -0.2) is 0 Å². The quantitative estimate of drug-likeness (QED) is 0.594. The lowest BCUT2D eigenvalue weighted by Crippen LogP contribution is -2.50. The zero-order chi connectivity index (χ0) is 19.5. The van der Waals surface area contributed by atoms with Gasteiger partial charge in [-0.1, -0.05) is 24.3 Å². The Morgan fingerprint density at radius 3 is 2.79 bits per heavy atom. The molecule has 1 aliphatic rings. The first-order chi connectivity index (χ1) is 13.6. The Morgan fingerprint density at radius 2 is 1.96 bits per heavy atom. The maximum absolute atomic E-state index is 12.5. The summed E-state index contributed by atoms with van der Waals surface area (Å²) in [5.41, 5.74) is 6.32. The lowest BCUT2D eigenvalue weighted by atomic mass is 9.97. The normalized spacial score (nSPS) is 16.7. The summed E-state index contributed by atoms with van der Waals surface area (Å²) >= 11 is 1.40. The van der Waals surface area contributed by atoms with Crippen LogP contribution in [0.1, 0.15) is 32.9 Å². The molecule has 1 saturated heterocycles. The van der Waals surface area contributed by atoms with Crippen molar-refractivity contribution in [1.29, 1.82) is 0 Å². The Kier molecular flexibility index (Phi) is 5.12. The number of benzene rings is 1. The molecule has 0 spiro atoms. The molecule has 0 bridgehead atoms. The Hall–Kier alpha value is -3.13. The van der Waals surface area contributed by atoms with E-state index in [-0.39, 0.29) is 23.6 Å². The molecule has 0 radical (unpaired) electrons. The van der Waals surface area contributed by atoms with E-state index in [9.17, 15) is 14.4 Å². The van der Waals surface area contributed by atoms with E-state index in [0.29, 0.717) is 30.0 Å². The lowest BCUT2D eigenvalue weighted by Gasteiger charge is -2.31. The fourth-order valence-corrected chi connectivity index (χ4v) is 4.17. The topological polar surface area (TPSA) is 94.3 Å². The van der Waals surface area contributed by atoms with E-state index < -0.39 is 0 Å². The number of likely N-dealkylation sites (tertiary alicyclic amines) is 1. The monoisotopic (exact) mass is 396 g/mol. The minimum absolute atomic E-state index is 0.0460. The van der Waals surface area contributed by atoms with Gasteiger partial charge in [0.1, 0.15) is 0 Å². The molecule has 7 nitrogen and oxygen atoms in total. The molecule has 3 N–H and O–H groups in total. The van der Waals surface area contributed by atoms with Gasteiger partial charge in [0, 0.05) is 30.2 Å². The van der Waals surface area contributed by atoms with Gasteiger partial charge in [-0.15, -0.1) is 11.3 Å². The van der Waals surface area contributed by atoms with Crippen molar-refractivity contribution in [2.75, 3.05) is 13.1 Å². The number of para-hydroxylation sites is 1. The van der Waals surface area contributed by atoms with Crippen LogP contribution in [0.5, 0.6) is 0 Å². The molecule has 0 saturated carbocycles. The highest BCUT2D eigenvalue weighted by Crippen LogP contribution is 2.21. The summed E-state index contributed by atoms with van der Waals surface area (Å²) in [5.74, 6) is -1.05. The average Bonchev–Trinajstić information content (AvgIpc) is 3.41. The van der Waals surface area contributed by atoms with Crippen molar-refractivity contribution in [2.24, 2.45) is 5.92 Å². The molecular weight excluding hydrogens is 376 g/mol. The van der Waals surface area contributed by atoms with E-state index >= 15 is 0 Å². The highest BCUT2D eigenvalue weighted by molar-refractivity contribution is 7.12. The Bertz CT molecular complexity index is 1010. The van der Waals surface area contributed by atoms with Gasteiger partial charge in [-0.3, -0.25) is 25.2 Å². The third-order valence-corrected chi connectivity index (χ3v) is 5.80. The first-order valence-corrected chi connectivity index (χ1v) is 10.0. The van der Waals surface area contributed by atoms with Gasteiger partial charge in [-0.05, 0) is 30.4 Å². The largest absolute Gasteiger partial charge is 0.360 e. The molecule has 8 heteroatoms. The van der Waals surface area contributed by atoms with Gasteiger partial charge < -0.3 is 9.88 Å². The van der Waals surface area contributed by atoms with Gasteiger partial charge in [0.15, 0.2) is 0 Å². The van der Waals surface area contributed by atoms with E-state index in [1.807, 2.05) is 35.7 Å². The van der Waals surface area contributed by atoms with E-state index in [2.05, 4.69) is 15.8 Å². The van der Waals surface area contributed by atoms with Crippen LogP contribution in [-0.2, 0) is 4.79 Å². The van der Waals surface area contributed by atoms with Gasteiger partial charge in [0.25, 0.3) is 11.8 Å². The second-order valence-corrected chi connectivity index (χ2v) is 7.71. The number of nitrogens with zero attached hydrogens (tertiary/aromatic N) is 1. The molecule has 4 rings (SSSR count). The van der Waals surface area contributed by atoms with E-state index in [1.54, 1.807) is 17.2 Å². The number of aromatic amines is 1. The molecule has 3 amide bonds. The predicted molar refractivity (Wildman–Crippen MR) is 107 cm³/mol. The van der Waals surface area contributed by atoms with Gasteiger partial charge in [-0.2, -0.15) is 0 Å². The van der Waals surface area contributed by atoms with Crippen molar-refractivity contribution in [3.63, 3.8) is 0 Å². The number of fused-ring (bicyclic) bond motifs is 1. The Morgan fingerprint density at radius 1 is 1.11 bits per heavy atom. The van der Waals surface area contributed by atoms with Crippen LogP contribution < -0.4 is 10.9 Å². The third kappa shape index (κ3) is 3.63. The lowest BCUT2D eigenvalue weighted by molar-refractivity contribution is -0.127. The Labute approximate surface area is 165 Å². The van der Waals surface area contributed by atoms with Crippen LogP contribution in [0.15, 0.2) is 48.0 Å². The van der Waals surface area contributed by atoms with Crippen LogP contribution in [-0.4, -0.2) is 40.7 Å². The second kappa shape index (κ2) is 7.85. The van der Waals surface area contributed by atoms with E-state index in [0.717, 1.165) is 17.3 Å². The molecule has 28 heavy (non-hydrogen) atoms. The molecular formula is C20H20N4O3S. The van der Waals surface area contributed by atoms with E-state index in [4.69, 9.17) is 0 Å². The summed E-state index contributed by atoms with van der Waals surface area (Å²) in [4.78, 5) is 42.9. The molecule has 3 aromatic rings. The number of hydrogen-bond donors (Lipinski definition) is 3. The fourth-order valence-electron chi connectivity index (χ4n) is 3.48. The summed E-state index contributed by atoms with van der Waals surface area (Å²) < 4.78 is 0. The summed E-state index contributed by atoms with van der Waals surface area (Å²) in [5, 5.41) is 2.65. The number of amides is 3.